The van der Waals surface area contributed by atoms with Crippen LogP contribution in [0.1, 0.15) is 31.4 Å². The third-order valence-electron chi connectivity index (χ3n) is 5.11. The van der Waals surface area contributed by atoms with Crippen LogP contribution in [0.2, 0.25) is 0 Å². The third-order valence-corrected chi connectivity index (χ3v) is 6.25. The van der Waals surface area contributed by atoms with Gasteiger partial charge in [-0.05, 0) is 38.9 Å². The maximum atomic E-state index is 12.5. The second-order valence-electron chi connectivity index (χ2n) is 6.92. The predicted molar refractivity (Wildman–Crippen MR) is 99.8 cm³/mol. The number of hydrogen-bond acceptors (Lipinski definition) is 4. The SMILES string of the molecule is CSC1CCN(C(=O)NC2CCCN(c3cc(C)nn3C)C2)CC1. The number of likely N-dealkylation sites (tertiary alicyclic amines) is 1. The highest BCUT2D eigenvalue weighted by Crippen LogP contribution is 2.22. The molecule has 24 heavy (non-hydrogen) atoms. The molecule has 7 heteroatoms. The fourth-order valence-electron chi connectivity index (χ4n) is 3.76. The van der Waals surface area contributed by atoms with E-state index >= 15 is 0 Å². The van der Waals surface area contributed by atoms with Gasteiger partial charge in [0.1, 0.15) is 5.82 Å². The van der Waals surface area contributed by atoms with Crippen molar-refractivity contribution in [3.8, 4) is 0 Å². The van der Waals surface area contributed by atoms with Gasteiger partial charge in [0.25, 0.3) is 0 Å². The molecular formula is C17H29N5OS. The largest absolute Gasteiger partial charge is 0.355 e. The Morgan fingerprint density at radius 2 is 2.04 bits per heavy atom. The number of carbonyl (C=O) groups excluding carboxylic acids is 1. The highest BCUT2D eigenvalue weighted by Gasteiger charge is 2.27. The van der Waals surface area contributed by atoms with E-state index in [1.165, 1.54) is 0 Å². The van der Waals surface area contributed by atoms with E-state index in [2.05, 4.69) is 27.6 Å². The summed E-state index contributed by atoms with van der Waals surface area (Å²) in [5.41, 5.74) is 1.04. The summed E-state index contributed by atoms with van der Waals surface area (Å²) in [5.74, 6) is 1.15. The van der Waals surface area contributed by atoms with Crippen LogP contribution < -0.4 is 10.2 Å². The summed E-state index contributed by atoms with van der Waals surface area (Å²) in [7, 11) is 1.99. The lowest BCUT2D eigenvalue weighted by molar-refractivity contribution is 0.182. The zero-order chi connectivity index (χ0) is 17.1. The zero-order valence-electron chi connectivity index (χ0n) is 15.0. The molecule has 0 aromatic carbocycles. The van der Waals surface area contributed by atoms with Gasteiger partial charge >= 0.3 is 6.03 Å². The average molecular weight is 352 g/mol. The van der Waals surface area contributed by atoms with Gasteiger partial charge in [0.15, 0.2) is 0 Å². The Morgan fingerprint density at radius 1 is 1.29 bits per heavy atom. The molecule has 0 bridgehead atoms. The molecule has 1 atom stereocenters. The van der Waals surface area contributed by atoms with Crippen LogP contribution in [-0.2, 0) is 7.05 Å². The molecule has 1 aromatic heterocycles. The summed E-state index contributed by atoms with van der Waals surface area (Å²) < 4.78 is 1.94. The summed E-state index contributed by atoms with van der Waals surface area (Å²) in [6.07, 6.45) is 6.54. The smallest absolute Gasteiger partial charge is 0.317 e. The van der Waals surface area contributed by atoms with E-state index in [0.29, 0.717) is 5.25 Å². The lowest BCUT2D eigenvalue weighted by Gasteiger charge is -2.37. The van der Waals surface area contributed by atoms with Gasteiger partial charge in [-0.3, -0.25) is 4.68 Å². The summed E-state index contributed by atoms with van der Waals surface area (Å²) in [6.45, 7) is 5.69. The first kappa shape index (κ1) is 17.5. The first-order valence-electron chi connectivity index (χ1n) is 8.90. The number of aromatic nitrogens is 2. The summed E-state index contributed by atoms with van der Waals surface area (Å²) in [6, 6.07) is 2.46. The number of nitrogens with zero attached hydrogens (tertiary/aromatic N) is 4. The van der Waals surface area contributed by atoms with E-state index in [0.717, 1.165) is 63.4 Å². The molecule has 0 saturated carbocycles. The molecule has 3 heterocycles. The Morgan fingerprint density at radius 3 is 2.67 bits per heavy atom. The summed E-state index contributed by atoms with van der Waals surface area (Å²) >= 11 is 1.92. The molecule has 2 saturated heterocycles. The fraction of sp³-hybridized carbons (Fsp3) is 0.765. The van der Waals surface area contributed by atoms with E-state index in [1.807, 2.05) is 35.3 Å². The molecule has 0 radical (unpaired) electrons. The van der Waals surface area contributed by atoms with Crippen LogP contribution in [0.3, 0.4) is 0 Å². The van der Waals surface area contributed by atoms with Crippen LogP contribution in [-0.4, -0.2) is 64.4 Å². The van der Waals surface area contributed by atoms with Gasteiger partial charge in [-0.1, -0.05) is 0 Å². The van der Waals surface area contributed by atoms with Gasteiger partial charge in [-0.15, -0.1) is 0 Å². The van der Waals surface area contributed by atoms with Crippen LogP contribution in [0.5, 0.6) is 0 Å². The Kier molecular flexibility index (Phi) is 5.58. The Labute approximate surface area is 148 Å². The van der Waals surface area contributed by atoms with Gasteiger partial charge in [0, 0.05) is 50.6 Å². The maximum Gasteiger partial charge on any atom is 0.317 e. The Bertz CT molecular complexity index is 567. The minimum Gasteiger partial charge on any atom is -0.355 e. The number of urea groups is 1. The number of hydrogen-bond donors (Lipinski definition) is 1. The van der Waals surface area contributed by atoms with E-state index in [-0.39, 0.29) is 12.1 Å². The van der Waals surface area contributed by atoms with Crippen LogP contribution in [0, 0.1) is 6.92 Å². The standard InChI is InChI=1S/C17H29N5OS/c1-13-11-16(20(2)19-13)22-8-4-5-14(12-22)18-17(23)21-9-6-15(24-3)7-10-21/h11,14-15H,4-10,12H2,1-3H3,(H,18,23). The number of aryl methyl sites for hydroxylation is 2. The number of piperidine rings is 2. The van der Waals surface area contributed by atoms with Crippen LogP contribution in [0.15, 0.2) is 6.07 Å². The molecule has 2 aliphatic heterocycles. The van der Waals surface area contributed by atoms with Gasteiger partial charge in [-0.2, -0.15) is 16.9 Å². The topological polar surface area (TPSA) is 53.4 Å². The normalized spacial score (nSPS) is 22.7. The Hall–Kier alpha value is -1.37. The number of nitrogens with one attached hydrogen (secondary N) is 1. The van der Waals surface area contributed by atoms with Crippen LogP contribution >= 0.6 is 11.8 Å². The molecule has 6 nitrogen and oxygen atoms in total. The van der Waals surface area contributed by atoms with E-state index < -0.39 is 0 Å². The average Bonchev–Trinajstić information content (AvgIpc) is 2.93. The first-order chi connectivity index (χ1) is 11.6. The van der Waals surface area contributed by atoms with Crippen molar-refractivity contribution in [3.05, 3.63) is 11.8 Å². The minimum absolute atomic E-state index is 0.114. The third kappa shape index (κ3) is 3.99. The molecule has 0 spiro atoms. The van der Waals surface area contributed by atoms with Crippen LogP contribution in [0.4, 0.5) is 10.6 Å². The van der Waals surface area contributed by atoms with Gasteiger partial charge in [0.05, 0.1) is 5.69 Å². The van der Waals surface area contributed by atoms with Crippen molar-refractivity contribution in [2.24, 2.45) is 7.05 Å². The van der Waals surface area contributed by atoms with Gasteiger partial charge in [0.2, 0.25) is 0 Å². The van der Waals surface area contributed by atoms with Crippen molar-refractivity contribution < 1.29 is 4.79 Å². The second-order valence-corrected chi connectivity index (χ2v) is 8.06. The minimum atomic E-state index is 0.114. The molecule has 0 aliphatic carbocycles. The van der Waals surface area contributed by atoms with Crippen LogP contribution in [0.25, 0.3) is 0 Å². The quantitative estimate of drug-likeness (QED) is 0.907. The van der Waals surface area contributed by atoms with Crippen molar-refractivity contribution in [1.29, 1.82) is 0 Å². The lowest BCUT2D eigenvalue weighted by Crippen LogP contribution is -2.53. The summed E-state index contributed by atoms with van der Waals surface area (Å²) in [4.78, 5) is 16.9. The number of carbonyl (C=O) groups is 1. The molecule has 2 fully saturated rings. The Balaban J connectivity index is 1.54. The monoisotopic (exact) mass is 351 g/mol. The maximum absolute atomic E-state index is 12.5. The number of amides is 2. The van der Waals surface area contributed by atoms with Crippen molar-refractivity contribution >= 4 is 23.6 Å². The van der Waals surface area contributed by atoms with Crippen molar-refractivity contribution in [2.75, 3.05) is 37.3 Å². The van der Waals surface area contributed by atoms with E-state index in [4.69, 9.17) is 0 Å². The second kappa shape index (κ2) is 7.68. The molecule has 1 N–H and O–H groups in total. The predicted octanol–water partition coefficient (Wildman–Crippen LogP) is 2.23. The molecule has 1 unspecified atom stereocenters. The van der Waals surface area contributed by atoms with Gasteiger partial charge in [-0.25, -0.2) is 4.79 Å². The van der Waals surface area contributed by atoms with E-state index in [1.54, 1.807) is 0 Å². The zero-order valence-corrected chi connectivity index (χ0v) is 15.8. The van der Waals surface area contributed by atoms with Crippen molar-refractivity contribution in [3.63, 3.8) is 0 Å². The van der Waals surface area contributed by atoms with Gasteiger partial charge < -0.3 is 15.1 Å². The van der Waals surface area contributed by atoms with Crippen molar-refractivity contribution in [1.82, 2.24) is 20.0 Å². The fourth-order valence-corrected chi connectivity index (χ4v) is 4.44. The number of thioether (sulfide) groups is 1. The summed E-state index contributed by atoms with van der Waals surface area (Å²) in [5, 5.41) is 8.41. The van der Waals surface area contributed by atoms with E-state index in [9.17, 15) is 4.79 Å². The molecule has 2 aliphatic rings. The highest BCUT2D eigenvalue weighted by molar-refractivity contribution is 7.99. The van der Waals surface area contributed by atoms with Crippen molar-refractivity contribution in [2.45, 2.75) is 43.9 Å². The molecule has 3 rings (SSSR count). The first-order valence-corrected chi connectivity index (χ1v) is 10.2. The number of rotatable bonds is 3. The lowest BCUT2D eigenvalue weighted by atomic mass is 10.1. The molecule has 134 valence electrons. The highest BCUT2D eigenvalue weighted by atomic mass is 32.2. The number of anilines is 1. The molecular weight excluding hydrogens is 322 g/mol. The molecule has 1 aromatic rings. The molecule has 2 amide bonds.